The van der Waals surface area contributed by atoms with Gasteiger partial charge in [-0.15, -0.1) is 10.2 Å². The quantitative estimate of drug-likeness (QED) is 0.417. The monoisotopic (exact) mass is 551 g/mol. The number of aliphatic imine (C=N–C) groups is 1. The molecule has 0 aliphatic carbocycles. The van der Waals surface area contributed by atoms with Crippen molar-refractivity contribution in [3.63, 3.8) is 0 Å². The Morgan fingerprint density at radius 3 is 2.51 bits per heavy atom. The molecular formula is C24H23Cl2N3O8. The molecule has 196 valence electrons. The van der Waals surface area contributed by atoms with E-state index in [1.807, 2.05) is 0 Å². The zero-order chi connectivity index (χ0) is 26.7. The number of aliphatic hydroxyl groups is 2. The number of halogens is 2. The maximum Gasteiger partial charge on any atom is 0.339 e. The van der Waals surface area contributed by atoms with Gasteiger partial charge in [-0.2, -0.15) is 0 Å². The maximum atomic E-state index is 13.8. The number of rotatable bonds is 5. The van der Waals surface area contributed by atoms with Crippen LogP contribution in [0.3, 0.4) is 0 Å². The van der Waals surface area contributed by atoms with E-state index in [9.17, 15) is 19.8 Å². The number of nitrogens with zero attached hydrogens (tertiary/aromatic N) is 3. The number of Topliss-reactive ketones (excluding diaryl/α,β-unsaturated/α-hetero) is 1. The summed E-state index contributed by atoms with van der Waals surface area (Å²) in [6.45, 7) is 3.63. The highest BCUT2D eigenvalue weighted by molar-refractivity contribution is 6.42. The molecule has 0 spiro atoms. The van der Waals surface area contributed by atoms with Crippen molar-refractivity contribution in [1.82, 2.24) is 10.2 Å². The van der Waals surface area contributed by atoms with Gasteiger partial charge in [-0.25, -0.2) is 4.79 Å². The third-order valence-corrected chi connectivity index (χ3v) is 7.86. The van der Waals surface area contributed by atoms with Crippen LogP contribution < -0.4 is 0 Å². The van der Waals surface area contributed by atoms with Gasteiger partial charge < -0.3 is 28.8 Å². The number of allylic oxidation sites excluding steroid dienone is 1. The van der Waals surface area contributed by atoms with Crippen LogP contribution in [-0.2, 0) is 23.8 Å². The average molecular weight is 552 g/mol. The van der Waals surface area contributed by atoms with Gasteiger partial charge >= 0.3 is 5.97 Å². The highest BCUT2D eigenvalue weighted by Gasteiger charge is 2.66. The normalized spacial score (nSPS) is 33.3. The number of hydrogen-bond acceptors (Lipinski definition) is 11. The summed E-state index contributed by atoms with van der Waals surface area (Å²) in [6, 6.07) is 5.00. The average Bonchev–Trinajstić information content (AvgIpc) is 3.55. The molecule has 3 aliphatic heterocycles. The van der Waals surface area contributed by atoms with Crippen molar-refractivity contribution in [1.29, 1.82) is 0 Å². The van der Waals surface area contributed by atoms with Crippen LogP contribution in [0.25, 0.3) is 0 Å². The first-order valence-electron chi connectivity index (χ1n) is 11.4. The summed E-state index contributed by atoms with van der Waals surface area (Å²) in [5.74, 6) is -5.14. The molecular weight excluding hydrogens is 529 g/mol. The minimum atomic E-state index is -2.28. The molecule has 13 heteroatoms. The van der Waals surface area contributed by atoms with E-state index < -0.39 is 60.4 Å². The number of aromatic nitrogens is 2. The summed E-state index contributed by atoms with van der Waals surface area (Å²) in [7, 11) is 0. The first kappa shape index (κ1) is 26.0. The predicted octanol–water partition coefficient (Wildman–Crippen LogP) is 2.34. The van der Waals surface area contributed by atoms with Gasteiger partial charge in [0.05, 0.1) is 28.1 Å². The van der Waals surface area contributed by atoms with E-state index in [1.165, 1.54) is 6.92 Å². The lowest BCUT2D eigenvalue weighted by Crippen LogP contribution is -2.52. The molecule has 11 nitrogen and oxygen atoms in total. The molecule has 2 fully saturated rings. The lowest BCUT2D eigenvalue weighted by molar-refractivity contribution is -0.235. The number of esters is 1. The second kappa shape index (κ2) is 9.26. The van der Waals surface area contributed by atoms with Crippen molar-refractivity contribution in [2.24, 2.45) is 4.99 Å². The fourth-order valence-electron chi connectivity index (χ4n) is 5.16. The summed E-state index contributed by atoms with van der Waals surface area (Å²) >= 11 is 12.9. The summed E-state index contributed by atoms with van der Waals surface area (Å²) in [6.07, 6.45) is -1.34. The summed E-state index contributed by atoms with van der Waals surface area (Å²) in [4.78, 5) is 30.3. The molecule has 37 heavy (non-hydrogen) atoms. The molecule has 1 aromatic carbocycles. The van der Waals surface area contributed by atoms with Crippen molar-refractivity contribution in [3.8, 4) is 0 Å². The minimum Gasteiger partial charge on any atom is -0.427 e. The number of ketones is 1. The molecule has 2 unspecified atom stereocenters. The zero-order valence-electron chi connectivity index (χ0n) is 20.0. The van der Waals surface area contributed by atoms with Gasteiger partial charge in [0.2, 0.25) is 12.3 Å². The Morgan fingerprint density at radius 2 is 1.84 bits per heavy atom. The minimum absolute atomic E-state index is 0.0645. The Bertz CT molecular complexity index is 1330. The predicted molar refractivity (Wildman–Crippen MR) is 128 cm³/mol. The van der Waals surface area contributed by atoms with E-state index in [2.05, 4.69) is 15.2 Å². The summed E-state index contributed by atoms with van der Waals surface area (Å²) < 4.78 is 22.1. The van der Waals surface area contributed by atoms with Crippen LogP contribution in [0.15, 0.2) is 45.3 Å². The number of ether oxygens (including phenoxy) is 3. The van der Waals surface area contributed by atoms with Crippen molar-refractivity contribution in [3.05, 3.63) is 57.4 Å². The Labute approximate surface area is 221 Å². The lowest BCUT2D eigenvalue weighted by Gasteiger charge is -2.33. The highest BCUT2D eigenvalue weighted by Crippen LogP contribution is 2.48. The first-order valence-corrected chi connectivity index (χ1v) is 12.1. The Hall–Kier alpha value is -2.67. The lowest BCUT2D eigenvalue weighted by atomic mass is 9.75. The highest BCUT2D eigenvalue weighted by atomic mass is 35.5. The van der Waals surface area contributed by atoms with Crippen molar-refractivity contribution < 1.29 is 38.4 Å². The van der Waals surface area contributed by atoms with Gasteiger partial charge in [0.1, 0.15) is 12.7 Å². The van der Waals surface area contributed by atoms with Crippen LogP contribution in [0.4, 0.5) is 0 Å². The fraction of sp³-hybridized carbons (Fsp3) is 0.458. The second-order valence-corrected chi connectivity index (χ2v) is 10.1. The molecule has 5 rings (SSSR count). The first-order chi connectivity index (χ1) is 17.5. The van der Waals surface area contributed by atoms with E-state index in [0.717, 1.165) is 6.39 Å². The van der Waals surface area contributed by atoms with E-state index in [4.69, 9.17) is 41.8 Å². The number of carbonyl (C=O) groups excluding carboxylic acids is 2. The molecule has 6 atom stereocenters. The summed E-state index contributed by atoms with van der Waals surface area (Å²) in [5.41, 5.74) is -0.537. The van der Waals surface area contributed by atoms with E-state index in [0.29, 0.717) is 17.0 Å². The zero-order valence-corrected chi connectivity index (χ0v) is 21.5. The molecule has 0 radical (unpaired) electrons. The Kier molecular flexibility index (Phi) is 6.50. The van der Waals surface area contributed by atoms with Crippen LogP contribution in [-0.4, -0.2) is 74.7 Å². The molecule has 0 amide bonds. The molecule has 0 saturated carbocycles. The van der Waals surface area contributed by atoms with Crippen molar-refractivity contribution in [2.45, 2.75) is 56.2 Å². The van der Waals surface area contributed by atoms with E-state index in [-0.39, 0.29) is 21.5 Å². The van der Waals surface area contributed by atoms with Crippen LogP contribution in [0, 0.1) is 0 Å². The number of carbonyl (C=O) groups is 2. The molecule has 1 aromatic heterocycles. The smallest absolute Gasteiger partial charge is 0.339 e. The van der Waals surface area contributed by atoms with Gasteiger partial charge in [0.15, 0.2) is 17.5 Å². The fourth-order valence-corrected chi connectivity index (χ4v) is 5.59. The van der Waals surface area contributed by atoms with Gasteiger partial charge in [-0.1, -0.05) is 35.3 Å². The van der Waals surface area contributed by atoms with Gasteiger partial charge in [0.25, 0.3) is 5.79 Å². The number of hydrogen-bond donors (Lipinski definition) is 2. The van der Waals surface area contributed by atoms with Crippen LogP contribution in [0.2, 0.25) is 10.0 Å². The van der Waals surface area contributed by atoms with Gasteiger partial charge in [0, 0.05) is 17.3 Å². The van der Waals surface area contributed by atoms with Crippen LogP contribution in [0.5, 0.6) is 0 Å². The van der Waals surface area contributed by atoms with Gasteiger partial charge in [-0.3, -0.25) is 9.79 Å². The van der Waals surface area contributed by atoms with Crippen molar-refractivity contribution >= 4 is 40.7 Å². The molecule has 4 heterocycles. The third-order valence-electron chi connectivity index (χ3n) is 7.03. The van der Waals surface area contributed by atoms with E-state index in [1.54, 1.807) is 32.0 Å². The number of fused-ring (bicyclic) bond motifs is 1. The molecule has 3 aliphatic rings. The molecule has 2 saturated heterocycles. The largest absolute Gasteiger partial charge is 0.427 e. The van der Waals surface area contributed by atoms with Gasteiger partial charge in [-0.05, 0) is 32.4 Å². The number of benzene rings is 1. The Balaban J connectivity index is 1.55. The Morgan fingerprint density at radius 1 is 1.11 bits per heavy atom. The topological polar surface area (TPSA) is 154 Å². The van der Waals surface area contributed by atoms with Crippen LogP contribution in [0.1, 0.15) is 44.1 Å². The molecule has 2 N–H and O–H groups in total. The second-order valence-electron chi connectivity index (χ2n) is 9.31. The summed E-state index contributed by atoms with van der Waals surface area (Å²) in [5, 5.41) is 30.2. The standard InChI is InChI=1S/C24H23Cl2N3O8/c1-10-15(21-29-27-9-36-21)17(13-5-4-6-14(25)18(13)26)16(11(2)28-10)22(31)37-24(33)8-35-19-20(24)34-7-23(19,32)12(3)30/h4-6,9,15,17,19-20,32-33H,7-8H2,1-3H3/t15?,17?,19-,20-,23+,24+/m0/s1. The third kappa shape index (κ3) is 4.10. The molecule has 2 aromatic rings. The van der Waals surface area contributed by atoms with E-state index >= 15 is 0 Å². The van der Waals surface area contributed by atoms with Crippen molar-refractivity contribution in [2.75, 3.05) is 13.2 Å². The van der Waals surface area contributed by atoms with Crippen LogP contribution >= 0.6 is 23.2 Å². The molecule has 0 bridgehead atoms. The maximum absolute atomic E-state index is 13.8. The SMILES string of the molecule is CC(=O)[C@]1(O)CO[C@H]2[C@@H]1OC[C@@]2(O)OC(=O)C1=C(C)N=C(C)C(c2nnco2)C1c1cccc(Cl)c1Cl.